The predicted octanol–water partition coefficient (Wildman–Crippen LogP) is 2.85. The molecule has 1 N–H and O–H groups in total. The summed E-state index contributed by atoms with van der Waals surface area (Å²) in [6.45, 7) is 5.43. The van der Waals surface area contributed by atoms with Crippen LogP contribution in [0.5, 0.6) is 0 Å². The van der Waals surface area contributed by atoms with Gasteiger partial charge < -0.3 is 5.11 Å². The molecule has 14 heavy (non-hydrogen) atoms. The molecule has 0 aromatic heterocycles. The van der Waals surface area contributed by atoms with Crippen LogP contribution >= 0.6 is 0 Å². The fraction of sp³-hybridized carbons (Fsp3) is 0.667. The molecule has 0 aliphatic heterocycles. The number of hydrogen-bond acceptors (Lipinski definition) is 1. The van der Waals surface area contributed by atoms with E-state index in [1.54, 1.807) is 0 Å². The Morgan fingerprint density at radius 3 is 2.21 bits per heavy atom. The molecular formula is C9H13F3O2. The first-order valence-electron chi connectivity index (χ1n) is 4.07. The minimum atomic E-state index is -4.36. The van der Waals surface area contributed by atoms with E-state index < -0.39 is 29.9 Å². The van der Waals surface area contributed by atoms with Crippen molar-refractivity contribution in [3.63, 3.8) is 0 Å². The Labute approximate surface area is 80.4 Å². The molecule has 0 fully saturated rings. The first-order valence-corrected chi connectivity index (χ1v) is 4.07. The van der Waals surface area contributed by atoms with E-state index >= 15 is 0 Å². The Morgan fingerprint density at radius 1 is 1.57 bits per heavy atom. The summed E-state index contributed by atoms with van der Waals surface area (Å²) < 4.78 is 36.5. The summed E-state index contributed by atoms with van der Waals surface area (Å²) in [6.07, 6.45) is -3.81. The summed E-state index contributed by atoms with van der Waals surface area (Å²) in [5.74, 6) is -2.94. The summed E-state index contributed by atoms with van der Waals surface area (Å²) in [5, 5.41) is 8.71. The standard InChI is InChI=1S/C9H13F3O2/c1-4-8(3,7(13)14)5-6(2)9(10,11)12/h4,6H,1,5H2,2-3H3,(H,13,14). The zero-order valence-electron chi connectivity index (χ0n) is 8.06. The first kappa shape index (κ1) is 13.0. The molecule has 0 saturated carbocycles. The lowest BCUT2D eigenvalue weighted by molar-refractivity contribution is -0.179. The van der Waals surface area contributed by atoms with Crippen LogP contribution < -0.4 is 0 Å². The minimum absolute atomic E-state index is 0.491. The van der Waals surface area contributed by atoms with Gasteiger partial charge in [0, 0.05) is 0 Å². The molecule has 2 unspecified atom stereocenters. The second kappa shape index (κ2) is 4.02. The van der Waals surface area contributed by atoms with Crippen molar-refractivity contribution in [2.45, 2.75) is 26.4 Å². The molecule has 82 valence electrons. The van der Waals surface area contributed by atoms with E-state index in [4.69, 9.17) is 5.11 Å². The molecule has 0 amide bonds. The van der Waals surface area contributed by atoms with E-state index in [-0.39, 0.29) is 0 Å². The fourth-order valence-corrected chi connectivity index (χ4v) is 1.01. The molecule has 0 radical (unpaired) electrons. The van der Waals surface area contributed by atoms with Crippen LogP contribution in [0.2, 0.25) is 0 Å². The minimum Gasteiger partial charge on any atom is -0.481 e. The van der Waals surface area contributed by atoms with Crippen molar-refractivity contribution in [2.75, 3.05) is 0 Å². The van der Waals surface area contributed by atoms with E-state index in [0.717, 1.165) is 13.0 Å². The monoisotopic (exact) mass is 210 g/mol. The van der Waals surface area contributed by atoms with Gasteiger partial charge in [0.15, 0.2) is 0 Å². The van der Waals surface area contributed by atoms with Gasteiger partial charge >= 0.3 is 12.1 Å². The normalized spacial score (nSPS) is 18.4. The summed E-state index contributed by atoms with van der Waals surface area (Å²) in [7, 11) is 0. The lowest BCUT2D eigenvalue weighted by atomic mass is 9.81. The number of carboxylic acids is 1. The van der Waals surface area contributed by atoms with Gasteiger partial charge in [0.2, 0.25) is 0 Å². The first-order chi connectivity index (χ1) is 6.13. The highest BCUT2D eigenvalue weighted by atomic mass is 19.4. The number of carboxylic acid groups (broad SMARTS) is 1. The van der Waals surface area contributed by atoms with Gasteiger partial charge in [-0.15, -0.1) is 6.58 Å². The quantitative estimate of drug-likeness (QED) is 0.724. The van der Waals surface area contributed by atoms with Crippen molar-refractivity contribution >= 4 is 5.97 Å². The number of carbonyl (C=O) groups is 1. The molecule has 0 aromatic rings. The van der Waals surface area contributed by atoms with Crippen LogP contribution in [0.15, 0.2) is 12.7 Å². The van der Waals surface area contributed by atoms with Gasteiger partial charge in [0.25, 0.3) is 0 Å². The Balaban J connectivity index is 4.64. The number of halogens is 3. The lowest BCUT2D eigenvalue weighted by Gasteiger charge is -2.25. The number of rotatable bonds is 4. The van der Waals surface area contributed by atoms with Gasteiger partial charge in [-0.1, -0.05) is 13.0 Å². The Hall–Kier alpha value is -1.00. The van der Waals surface area contributed by atoms with E-state index in [2.05, 4.69) is 6.58 Å². The molecule has 0 rings (SSSR count). The second-order valence-electron chi connectivity index (χ2n) is 3.57. The summed E-state index contributed by atoms with van der Waals surface area (Å²) >= 11 is 0. The maximum atomic E-state index is 12.2. The summed E-state index contributed by atoms with van der Waals surface area (Å²) in [4.78, 5) is 10.7. The van der Waals surface area contributed by atoms with E-state index in [0.29, 0.717) is 0 Å². The summed E-state index contributed by atoms with van der Waals surface area (Å²) in [6, 6.07) is 0. The van der Waals surface area contributed by atoms with Crippen LogP contribution in [0.4, 0.5) is 13.2 Å². The van der Waals surface area contributed by atoms with Crippen LogP contribution in [-0.4, -0.2) is 17.3 Å². The van der Waals surface area contributed by atoms with Gasteiger partial charge in [-0.25, -0.2) is 0 Å². The molecule has 0 spiro atoms. The van der Waals surface area contributed by atoms with E-state index in [9.17, 15) is 18.0 Å². The predicted molar refractivity (Wildman–Crippen MR) is 45.8 cm³/mol. The highest BCUT2D eigenvalue weighted by Gasteiger charge is 2.42. The van der Waals surface area contributed by atoms with Crippen LogP contribution in [-0.2, 0) is 4.79 Å². The maximum absolute atomic E-state index is 12.2. The van der Waals surface area contributed by atoms with Crippen LogP contribution in [0, 0.1) is 11.3 Å². The van der Waals surface area contributed by atoms with Crippen molar-refractivity contribution in [3.05, 3.63) is 12.7 Å². The van der Waals surface area contributed by atoms with Gasteiger partial charge in [0.05, 0.1) is 11.3 Å². The molecule has 0 aromatic carbocycles. The molecule has 0 aliphatic carbocycles. The van der Waals surface area contributed by atoms with Crippen LogP contribution in [0.1, 0.15) is 20.3 Å². The van der Waals surface area contributed by atoms with Crippen molar-refractivity contribution in [1.82, 2.24) is 0 Å². The zero-order chi connectivity index (χ0) is 11.6. The largest absolute Gasteiger partial charge is 0.481 e. The smallest absolute Gasteiger partial charge is 0.391 e. The zero-order valence-corrected chi connectivity index (χ0v) is 8.06. The molecule has 0 saturated heterocycles. The average molecular weight is 210 g/mol. The third-order valence-corrected chi connectivity index (χ3v) is 2.23. The van der Waals surface area contributed by atoms with Crippen LogP contribution in [0.3, 0.4) is 0 Å². The second-order valence-corrected chi connectivity index (χ2v) is 3.57. The van der Waals surface area contributed by atoms with Gasteiger partial charge in [-0.3, -0.25) is 4.79 Å². The van der Waals surface area contributed by atoms with Crippen molar-refractivity contribution in [2.24, 2.45) is 11.3 Å². The Morgan fingerprint density at radius 2 is 2.00 bits per heavy atom. The summed E-state index contributed by atoms with van der Waals surface area (Å²) in [5.41, 5.74) is -1.52. The SMILES string of the molecule is C=CC(C)(CC(C)C(F)(F)F)C(=O)O. The number of aliphatic carboxylic acids is 1. The number of alkyl halides is 3. The molecule has 0 heterocycles. The molecule has 2 nitrogen and oxygen atoms in total. The Kier molecular flexibility index (Phi) is 3.73. The highest BCUT2D eigenvalue weighted by Crippen LogP contribution is 2.36. The molecule has 0 aliphatic rings. The van der Waals surface area contributed by atoms with Crippen LogP contribution in [0.25, 0.3) is 0 Å². The third kappa shape index (κ3) is 3.05. The number of hydrogen-bond donors (Lipinski definition) is 1. The Bertz CT molecular complexity index is 235. The van der Waals surface area contributed by atoms with Gasteiger partial charge in [0.1, 0.15) is 0 Å². The molecule has 5 heteroatoms. The molecule has 0 bridgehead atoms. The molecular weight excluding hydrogens is 197 g/mol. The third-order valence-electron chi connectivity index (χ3n) is 2.23. The van der Waals surface area contributed by atoms with Crippen molar-refractivity contribution in [1.29, 1.82) is 0 Å². The topological polar surface area (TPSA) is 37.3 Å². The van der Waals surface area contributed by atoms with Crippen molar-refractivity contribution in [3.8, 4) is 0 Å². The lowest BCUT2D eigenvalue weighted by Crippen LogP contribution is -2.32. The van der Waals surface area contributed by atoms with Crippen molar-refractivity contribution < 1.29 is 23.1 Å². The van der Waals surface area contributed by atoms with Gasteiger partial charge in [-0.2, -0.15) is 13.2 Å². The van der Waals surface area contributed by atoms with E-state index in [1.807, 2.05) is 0 Å². The average Bonchev–Trinajstić information content (AvgIpc) is 2.02. The maximum Gasteiger partial charge on any atom is 0.391 e. The fourth-order valence-electron chi connectivity index (χ4n) is 1.01. The van der Waals surface area contributed by atoms with E-state index in [1.165, 1.54) is 6.92 Å². The highest BCUT2D eigenvalue weighted by molar-refractivity contribution is 5.76. The van der Waals surface area contributed by atoms with Gasteiger partial charge in [-0.05, 0) is 13.3 Å². The molecule has 2 atom stereocenters.